The van der Waals surface area contributed by atoms with E-state index in [0.29, 0.717) is 5.69 Å². The quantitative estimate of drug-likeness (QED) is 0.835. The molecule has 0 spiro atoms. The summed E-state index contributed by atoms with van der Waals surface area (Å²) < 4.78 is 5.12. The molecule has 7 nitrogen and oxygen atoms in total. The normalized spacial score (nSPS) is 15.2. The van der Waals surface area contributed by atoms with E-state index in [9.17, 15) is 14.4 Å². The molecular weight excluding hydrogens is 310 g/mol. The number of aromatic nitrogens is 1. The number of nitrogens with zero attached hydrogens (tertiary/aromatic N) is 1. The van der Waals surface area contributed by atoms with Crippen LogP contribution in [0.1, 0.15) is 25.3 Å². The number of benzene rings is 1. The number of carbonyl (C=O) groups is 3. The van der Waals surface area contributed by atoms with Gasteiger partial charge in [0.25, 0.3) is 0 Å². The molecule has 1 aromatic heterocycles. The first-order valence-corrected chi connectivity index (χ1v) is 7.74. The molecule has 1 saturated heterocycles. The van der Waals surface area contributed by atoms with Crippen LogP contribution < -0.4 is 10.6 Å². The summed E-state index contributed by atoms with van der Waals surface area (Å²) in [5.74, 6) is -1.82. The standard InChI is InChI=1S/C17H17N3O4/c1-2-10-3-5-11(6-4-10)13-9-16(24-20-13)19-17(23)12-7-14(21)18-15(22)8-12/h3-6,9,12H,2,7-8H2,1H3,(H,19,23)(H,18,21,22). The van der Waals surface area contributed by atoms with Gasteiger partial charge in [-0.15, -0.1) is 0 Å². The molecule has 1 aliphatic rings. The van der Waals surface area contributed by atoms with Crippen LogP contribution in [-0.4, -0.2) is 22.9 Å². The van der Waals surface area contributed by atoms with E-state index < -0.39 is 23.6 Å². The van der Waals surface area contributed by atoms with Gasteiger partial charge in [0.2, 0.25) is 23.6 Å². The minimum atomic E-state index is -0.691. The minimum absolute atomic E-state index is 0.0168. The maximum atomic E-state index is 12.2. The van der Waals surface area contributed by atoms with Crippen molar-refractivity contribution in [2.75, 3.05) is 5.32 Å². The Morgan fingerprint density at radius 3 is 2.54 bits per heavy atom. The van der Waals surface area contributed by atoms with Crippen molar-refractivity contribution in [1.82, 2.24) is 10.5 Å². The highest BCUT2D eigenvalue weighted by atomic mass is 16.5. The number of nitrogens with one attached hydrogen (secondary N) is 2. The van der Waals surface area contributed by atoms with Crippen molar-refractivity contribution in [3.8, 4) is 11.3 Å². The Bertz CT molecular complexity index is 763. The molecule has 0 radical (unpaired) electrons. The van der Waals surface area contributed by atoms with Gasteiger partial charge in [-0.3, -0.25) is 25.0 Å². The SMILES string of the molecule is CCc1ccc(-c2cc(NC(=O)C3CC(=O)NC(=O)C3)on2)cc1. The van der Waals surface area contributed by atoms with Gasteiger partial charge >= 0.3 is 0 Å². The highest BCUT2D eigenvalue weighted by molar-refractivity contribution is 6.04. The average Bonchev–Trinajstić information content (AvgIpc) is 3.02. The number of anilines is 1. The second-order valence-corrected chi connectivity index (χ2v) is 5.69. The summed E-state index contributed by atoms with van der Waals surface area (Å²) in [6, 6.07) is 9.51. The van der Waals surface area contributed by atoms with Gasteiger partial charge in [-0.2, -0.15) is 0 Å². The Hall–Kier alpha value is -2.96. The third-order valence-corrected chi connectivity index (χ3v) is 3.93. The molecule has 0 unspecified atom stereocenters. The van der Waals surface area contributed by atoms with Crippen molar-refractivity contribution in [3.05, 3.63) is 35.9 Å². The topological polar surface area (TPSA) is 101 Å². The zero-order valence-corrected chi connectivity index (χ0v) is 13.2. The van der Waals surface area contributed by atoms with Crippen molar-refractivity contribution >= 4 is 23.6 Å². The van der Waals surface area contributed by atoms with Crippen molar-refractivity contribution in [1.29, 1.82) is 0 Å². The summed E-state index contributed by atoms with van der Waals surface area (Å²) in [7, 11) is 0. The maximum Gasteiger partial charge on any atom is 0.231 e. The third kappa shape index (κ3) is 3.51. The molecule has 0 bridgehead atoms. The maximum absolute atomic E-state index is 12.2. The fourth-order valence-corrected chi connectivity index (χ4v) is 2.57. The number of hydrogen-bond donors (Lipinski definition) is 2. The van der Waals surface area contributed by atoms with Gasteiger partial charge < -0.3 is 4.52 Å². The number of hydrogen-bond acceptors (Lipinski definition) is 5. The molecule has 2 aromatic rings. The summed E-state index contributed by atoms with van der Waals surface area (Å²) in [5, 5.41) is 8.67. The van der Waals surface area contributed by atoms with Gasteiger partial charge in [0.15, 0.2) is 0 Å². The van der Waals surface area contributed by atoms with Crippen LogP contribution in [0.15, 0.2) is 34.9 Å². The number of aryl methyl sites for hydroxylation is 1. The summed E-state index contributed by atoms with van der Waals surface area (Å²) in [4.78, 5) is 34.8. The largest absolute Gasteiger partial charge is 0.338 e. The van der Waals surface area contributed by atoms with Gasteiger partial charge in [-0.1, -0.05) is 36.3 Å². The lowest BCUT2D eigenvalue weighted by molar-refractivity contribution is -0.139. The van der Waals surface area contributed by atoms with Crippen LogP contribution in [0, 0.1) is 5.92 Å². The molecule has 3 rings (SSSR count). The summed E-state index contributed by atoms with van der Waals surface area (Å²) in [5.41, 5.74) is 2.70. The van der Waals surface area contributed by atoms with Crippen molar-refractivity contribution in [2.45, 2.75) is 26.2 Å². The predicted molar refractivity (Wildman–Crippen MR) is 85.8 cm³/mol. The third-order valence-electron chi connectivity index (χ3n) is 3.93. The van der Waals surface area contributed by atoms with Crippen molar-refractivity contribution < 1.29 is 18.9 Å². The molecule has 24 heavy (non-hydrogen) atoms. The van der Waals surface area contributed by atoms with Crippen LogP contribution in [0.4, 0.5) is 5.88 Å². The number of imide groups is 1. The summed E-state index contributed by atoms with van der Waals surface area (Å²) in [6.07, 6.45) is 0.919. The molecule has 0 saturated carbocycles. The molecule has 124 valence electrons. The van der Waals surface area contributed by atoms with Gasteiger partial charge in [-0.05, 0) is 12.0 Å². The Morgan fingerprint density at radius 1 is 1.25 bits per heavy atom. The van der Waals surface area contributed by atoms with Gasteiger partial charge in [0.1, 0.15) is 5.69 Å². The first-order chi connectivity index (χ1) is 11.5. The zero-order chi connectivity index (χ0) is 17.1. The molecule has 2 N–H and O–H groups in total. The molecule has 1 aliphatic heterocycles. The molecule has 0 atom stereocenters. The van der Waals surface area contributed by atoms with Crippen molar-refractivity contribution in [3.63, 3.8) is 0 Å². The van der Waals surface area contributed by atoms with Gasteiger partial charge in [0, 0.05) is 24.5 Å². The first kappa shape index (κ1) is 15.9. The zero-order valence-electron chi connectivity index (χ0n) is 13.2. The predicted octanol–water partition coefficient (Wildman–Crippen LogP) is 1.90. The molecular formula is C17H17N3O4. The fourth-order valence-electron chi connectivity index (χ4n) is 2.57. The van der Waals surface area contributed by atoms with Crippen molar-refractivity contribution in [2.24, 2.45) is 5.92 Å². The smallest absolute Gasteiger partial charge is 0.231 e. The van der Waals surface area contributed by atoms with Gasteiger partial charge in [0.05, 0.1) is 5.92 Å². The van der Waals surface area contributed by atoms with Crippen LogP contribution in [-0.2, 0) is 20.8 Å². The minimum Gasteiger partial charge on any atom is -0.338 e. The van der Waals surface area contributed by atoms with E-state index in [1.54, 1.807) is 6.07 Å². The van der Waals surface area contributed by atoms with Crippen LogP contribution >= 0.6 is 0 Å². The van der Waals surface area contributed by atoms with E-state index in [-0.39, 0.29) is 18.7 Å². The fraction of sp³-hybridized carbons (Fsp3) is 0.294. The van der Waals surface area contributed by atoms with Crippen LogP contribution in [0.5, 0.6) is 0 Å². The highest BCUT2D eigenvalue weighted by Gasteiger charge is 2.30. The second-order valence-electron chi connectivity index (χ2n) is 5.69. The molecule has 1 fully saturated rings. The van der Waals surface area contributed by atoms with E-state index in [1.165, 1.54) is 5.56 Å². The van der Waals surface area contributed by atoms with E-state index in [4.69, 9.17) is 4.52 Å². The molecule has 3 amide bonds. The van der Waals surface area contributed by atoms with E-state index >= 15 is 0 Å². The Labute approximate surface area is 138 Å². The van der Waals surface area contributed by atoms with Crippen LogP contribution in [0.25, 0.3) is 11.3 Å². The summed E-state index contributed by atoms with van der Waals surface area (Å²) >= 11 is 0. The Morgan fingerprint density at radius 2 is 1.92 bits per heavy atom. The first-order valence-electron chi connectivity index (χ1n) is 7.74. The molecule has 7 heteroatoms. The number of amides is 3. The van der Waals surface area contributed by atoms with E-state index in [0.717, 1.165) is 12.0 Å². The molecule has 1 aromatic carbocycles. The van der Waals surface area contributed by atoms with E-state index in [1.807, 2.05) is 24.3 Å². The Kier molecular flexibility index (Phi) is 4.41. The lowest BCUT2D eigenvalue weighted by Crippen LogP contribution is -2.42. The molecule has 2 heterocycles. The van der Waals surface area contributed by atoms with Crippen LogP contribution in [0.3, 0.4) is 0 Å². The monoisotopic (exact) mass is 327 g/mol. The number of carbonyl (C=O) groups excluding carboxylic acids is 3. The molecule has 0 aliphatic carbocycles. The highest BCUT2D eigenvalue weighted by Crippen LogP contribution is 2.23. The second kappa shape index (κ2) is 6.66. The Balaban J connectivity index is 1.68. The lowest BCUT2D eigenvalue weighted by Gasteiger charge is -2.19. The average molecular weight is 327 g/mol. The summed E-state index contributed by atoms with van der Waals surface area (Å²) in [6.45, 7) is 2.08. The number of piperidine rings is 1. The van der Waals surface area contributed by atoms with Gasteiger partial charge in [-0.25, -0.2) is 0 Å². The van der Waals surface area contributed by atoms with Crippen LogP contribution in [0.2, 0.25) is 0 Å². The van der Waals surface area contributed by atoms with E-state index in [2.05, 4.69) is 22.7 Å². The number of rotatable bonds is 4. The lowest BCUT2D eigenvalue weighted by atomic mass is 9.96.